The summed E-state index contributed by atoms with van der Waals surface area (Å²) in [7, 11) is 0. The maximum absolute atomic E-state index is 11.6. The van der Waals surface area contributed by atoms with Crippen molar-refractivity contribution in [2.75, 3.05) is 17.7 Å². The number of hydrogen-bond donors (Lipinski definition) is 1. The van der Waals surface area contributed by atoms with Crippen LogP contribution in [-0.2, 0) is 10.3 Å². The van der Waals surface area contributed by atoms with Crippen LogP contribution in [0.1, 0.15) is 32.3 Å². The third-order valence-corrected chi connectivity index (χ3v) is 6.80. The van der Waals surface area contributed by atoms with Gasteiger partial charge in [0.25, 0.3) is 0 Å². The summed E-state index contributed by atoms with van der Waals surface area (Å²) in [5.74, 6) is 1.82. The Labute approximate surface area is 172 Å². The van der Waals surface area contributed by atoms with Crippen LogP contribution in [0.15, 0.2) is 46.8 Å². The fourth-order valence-corrected chi connectivity index (χ4v) is 5.25. The molecule has 2 heterocycles. The molecule has 0 unspecified atom stereocenters. The Morgan fingerprint density at radius 2 is 2.07 bits per heavy atom. The lowest BCUT2D eigenvalue weighted by atomic mass is 9.94. The van der Waals surface area contributed by atoms with Crippen molar-refractivity contribution < 1.29 is 14.3 Å². The van der Waals surface area contributed by atoms with Crippen LogP contribution < -0.4 is 10.1 Å². The zero-order valence-corrected chi connectivity index (χ0v) is 17.5. The number of carbonyl (C=O) groups excluding carboxylic acids is 1. The number of benzene rings is 2. The molecule has 0 saturated heterocycles. The standard InChI is InChI=1S/C21H22N2O3S2/c1-21(2)15-13-14(9-10-16(15)22-19(24)26-21)25-11-5-6-12-27-20-23-17-7-3-4-8-18(17)28-20/h3-4,7-10,13H,5-6,11-12H2,1-2H3,(H,22,24). The van der Waals surface area contributed by atoms with Gasteiger partial charge in [0.15, 0.2) is 4.34 Å². The van der Waals surface area contributed by atoms with Gasteiger partial charge >= 0.3 is 6.09 Å². The lowest BCUT2D eigenvalue weighted by Gasteiger charge is -2.32. The van der Waals surface area contributed by atoms with Gasteiger partial charge in [-0.1, -0.05) is 23.9 Å². The van der Waals surface area contributed by atoms with Crippen LogP contribution >= 0.6 is 23.1 Å². The number of cyclic esters (lactones) is 1. The van der Waals surface area contributed by atoms with Crippen molar-refractivity contribution in [3.8, 4) is 5.75 Å². The molecule has 146 valence electrons. The molecule has 1 aromatic heterocycles. The summed E-state index contributed by atoms with van der Waals surface area (Å²) >= 11 is 3.56. The molecule has 0 aliphatic carbocycles. The van der Waals surface area contributed by atoms with E-state index in [4.69, 9.17) is 9.47 Å². The summed E-state index contributed by atoms with van der Waals surface area (Å²) < 4.78 is 13.6. The highest BCUT2D eigenvalue weighted by molar-refractivity contribution is 8.01. The van der Waals surface area contributed by atoms with Crippen LogP contribution in [0.2, 0.25) is 0 Å². The van der Waals surface area contributed by atoms with Crippen molar-refractivity contribution in [3.63, 3.8) is 0 Å². The fraction of sp³-hybridized carbons (Fsp3) is 0.333. The minimum Gasteiger partial charge on any atom is -0.494 e. The zero-order chi connectivity index (χ0) is 19.6. The van der Waals surface area contributed by atoms with Gasteiger partial charge in [0.05, 0.1) is 22.5 Å². The van der Waals surface area contributed by atoms with E-state index < -0.39 is 11.7 Å². The molecule has 0 atom stereocenters. The summed E-state index contributed by atoms with van der Waals surface area (Å²) in [5.41, 5.74) is 2.12. The molecule has 4 rings (SSSR count). The summed E-state index contributed by atoms with van der Waals surface area (Å²) in [6.45, 7) is 4.42. The van der Waals surface area contributed by atoms with Gasteiger partial charge in [0.1, 0.15) is 11.4 Å². The number of para-hydroxylation sites is 1. The maximum Gasteiger partial charge on any atom is 0.412 e. The van der Waals surface area contributed by atoms with Crippen LogP contribution in [0.4, 0.5) is 10.5 Å². The molecule has 0 spiro atoms. The van der Waals surface area contributed by atoms with E-state index in [2.05, 4.69) is 22.4 Å². The minimum atomic E-state index is -0.662. The number of carbonyl (C=O) groups is 1. The first-order valence-electron chi connectivity index (χ1n) is 9.27. The highest BCUT2D eigenvalue weighted by Crippen LogP contribution is 2.37. The Balaban J connectivity index is 1.24. The molecule has 28 heavy (non-hydrogen) atoms. The van der Waals surface area contributed by atoms with E-state index in [1.807, 2.05) is 44.2 Å². The highest BCUT2D eigenvalue weighted by atomic mass is 32.2. The molecule has 7 heteroatoms. The van der Waals surface area contributed by atoms with Gasteiger partial charge in [-0.3, -0.25) is 5.32 Å². The normalized spacial score (nSPS) is 15.0. The van der Waals surface area contributed by atoms with Gasteiger partial charge in [-0.15, -0.1) is 11.3 Å². The quantitative estimate of drug-likeness (QED) is 0.377. The van der Waals surface area contributed by atoms with Crippen molar-refractivity contribution in [1.82, 2.24) is 4.98 Å². The number of aromatic nitrogens is 1. The first kappa shape index (κ1) is 19.1. The van der Waals surface area contributed by atoms with Gasteiger partial charge in [-0.25, -0.2) is 9.78 Å². The third kappa shape index (κ3) is 4.25. The van der Waals surface area contributed by atoms with Crippen LogP contribution in [-0.4, -0.2) is 23.4 Å². The van der Waals surface area contributed by atoms with Crippen molar-refractivity contribution in [1.29, 1.82) is 0 Å². The lowest BCUT2D eigenvalue weighted by Crippen LogP contribution is -2.34. The van der Waals surface area contributed by atoms with E-state index in [9.17, 15) is 4.79 Å². The predicted molar refractivity (Wildman–Crippen MR) is 115 cm³/mol. The van der Waals surface area contributed by atoms with Crippen LogP contribution in [0, 0.1) is 0 Å². The van der Waals surface area contributed by atoms with Gasteiger partial charge in [-0.2, -0.15) is 0 Å². The highest BCUT2D eigenvalue weighted by Gasteiger charge is 2.33. The first-order valence-corrected chi connectivity index (χ1v) is 11.1. The Hall–Kier alpha value is -2.25. The molecule has 0 bridgehead atoms. The molecule has 0 saturated carbocycles. The first-order chi connectivity index (χ1) is 13.5. The van der Waals surface area contributed by atoms with Gasteiger partial charge < -0.3 is 9.47 Å². The number of thiazole rings is 1. The largest absolute Gasteiger partial charge is 0.494 e. The maximum atomic E-state index is 11.6. The second kappa shape index (κ2) is 8.01. The smallest absolute Gasteiger partial charge is 0.412 e. The summed E-state index contributed by atoms with van der Waals surface area (Å²) in [4.78, 5) is 16.2. The second-order valence-electron chi connectivity index (χ2n) is 7.08. The summed E-state index contributed by atoms with van der Waals surface area (Å²) in [6.07, 6.45) is 1.62. The Bertz CT molecular complexity index is 967. The number of nitrogens with zero attached hydrogens (tertiary/aromatic N) is 1. The Kier molecular flexibility index (Phi) is 5.46. The fourth-order valence-electron chi connectivity index (χ4n) is 3.11. The van der Waals surface area contributed by atoms with E-state index in [-0.39, 0.29) is 0 Å². The van der Waals surface area contributed by atoms with Crippen LogP contribution in [0.5, 0.6) is 5.75 Å². The van der Waals surface area contributed by atoms with Crippen molar-refractivity contribution in [2.45, 2.75) is 36.6 Å². The van der Waals surface area contributed by atoms with Crippen molar-refractivity contribution in [2.24, 2.45) is 0 Å². The van der Waals surface area contributed by atoms with Crippen LogP contribution in [0.3, 0.4) is 0 Å². The topological polar surface area (TPSA) is 60.5 Å². The number of thioether (sulfide) groups is 1. The Morgan fingerprint density at radius 1 is 1.21 bits per heavy atom. The van der Waals surface area contributed by atoms with Crippen LogP contribution in [0.25, 0.3) is 10.2 Å². The molecular formula is C21H22N2O3S2. The van der Waals surface area contributed by atoms with Crippen molar-refractivity contribution in [3.05, 3.63) is 48.0 Å². The number of ether oxygens (including phenoxy) is 2. The zero-order valence-electron chi connectivity index (χ0n) is 15.9. The molecule has 0 fully saturated rings. The minimum absolute atomic E-state index is 0.420. The number of nitrogens with one attached hydrogen (secondary N) is 1. The average Bonchev–Trinajstić information content (AvgIpc) is 3.07. The van der Waals surface area contributed by atoms with Gasteiger partial charge in [0.2, 0.25) is 0 Å². The average molecular weight is 415 g/mol. The number of hydrogen-bond acceptors (Lipinski definition) is 6. The molecule has 1 aliphatic rings. The van der Waals surface area contributed by atoms with Crippen molar-refractivity contribution >= 4 is 45.1 Å². The van der Waals surface area contributed by atoms with Gasteiger partial charge in [0, 0.05) is 11.3 Å². The Morgan fingerprint density at radius 3 is 2.93 bits per heavy atom. The molecule has 1 N–H and O–H groups in total. The lowest BCUT2D eigenvalue weighted by molar-refractivity contribution is 0.0418. The molecule has 0 radical (unpaired) electrons. The second-order valence-corrected chi connectivity index (χ2v) is 9.46. The van der Waals surface area contributed by atoms with Gasteiger partial charge in [-0.05, 0) is 57.0 Å². The summed E-state index contributed by atoms with van der Waals surface area (Å²) in [5, 5.41) is 2.73. The number of amides is 1. The van der Waals surface area contributed by atoms with E-state index in [1.54, 1.807) is 23.1 Å². The number of anilines is 1. The molecule has 2 aromatic carbocycles. The molecule has 3 aromatic rings. The molecule has 1 aliphatic heterocycles. The third-order valence-electron chi connectivity index (χ3n) is 4.53. The van der Waals surface area contributed by atoms with E-state index in [0.29, 0.717) is 6.61 Å². The van der Waals surface area contributed by atoms with E-state index in [1.165, 1.54) is 4.70 Å². The number of rotatable bonds is 7. The SMILES string of the molecule is CC1(C)OC(=O)Nc2ccc(OCCCCSc3nc4ccccc4s3)cc21. The molecular weight excluding hydrogens is 392 g/mol. The molecule has 5 nitrogen and oxygen atoms in total. The van der Waals surface area contributed by atoms with E-state index >= 15 is 0 Å². The number of fused-ring (bicyclic) bond motifs is 2. The summed E-state index contributed by atoms with van der Waals surface area (Å²) in [6, 6.07) is 13.9. The van der Waals surface area contributed by atoms with E-state index in [0.717, 1.165) is 45.5 Å². The monoisotopic (exact) mass is 414 g/mol. The predicted octanol–water partition coefficient (Wildman–Crippen LogP) is 6.04. The number of unbranched alkanes of at least 4 members (excludes halogenated alkanes) is 1. The molecule has 1 amide bonds.